The summed E-state index contributed by atoms with van der Waals surface area (Å²) in [5, 5.41) is 23.3. The minimum atomic E-state index is 0.293. The van der Waals surface area contributed by atoms with Gasteiger partial charge in [0.1, 0.15) is 6.21 Å². The van der Waals surface area contributed by atoms with Gasteiger partial charge in [0, 0.05) is 32.7 Å². The summed E-state index contributed by atoms with van der Waals surface area (Å²) in [7, 11) is 0. The molecule has 1 aliphatic rings. The van der Waals surface area contributed by atoms with E-state index >= 15 is 0 Å². The molecule has 0 atom stereocenters. The molecule has 1 aliphatic heterocycles. The molecular formula is C13H18N4O2. The first-order valence-corrected chi connectivity index (χ1v) is 6.24. The molecule has 1 saturated heterocycles. The van der Waals surface area contributed by atoms with Crippen molar-refractivity contribution in [3.63, 3.8) is 0 Å². The lowest BCUT2D eigenvalue weighted by molar-refractivity contribution is 0.172. The Balaban J connectivity index is 1.86. The molecule has 0 aliphatic carbocycles. The first-order chi connectivity index (χ1) is 9.33. The van der Waals surface area contributed by atoms with Crippen molar-refractivity contribution in [2.45, 2.75) is 6.54 Å². The smallest absolute Gasteiger partial charge is 0.189 e. The van der Waals surface area contributed by atoms with Crippen LogP contribution in [0.25, 0.3) is 0 Å². The van der Waals surface area contributed by atoms with Crippen molar-refractivity contribution in [3.05, 3.63) is 35.9 Å². The predicted octanol–water partition coefficient (Wildman–Crippen LogP) is 1.05. The Labute approximate surface area is 112 Å². The highest BCUT2D eigenvalue weighted by atomic mass is 16.4. The average Bonchev–Trinajstić information content (AvgIpc) is 2.47. The lowest BCUT2D eigenvalue weighted by Gasteiger charge is -2.35. The molecule has 0 saturated carbocycles. The Kier molecular flexibility index (Phi) is 4.74. The summed E-state index contributed by atoms with van der Waals surface area (Å²) in [5.41, 5.74) is 1.30. The zero-order chi connectivity index (χ0) is 13.5. The SMILES string of the molecule is O/N=C(/C=N/O)N1CCN(Cc2ccccc2)CC1. The van der Waals surface area contributed by atoms with E-state index in [9.17, 15) is 0 Å². The maximum atomic E-state index is 8.84. The summed E-state index contributed by atoms with van der Waals surface area (Å²) in [5.74, 6) is 0.293. The lowest BCUT2D eigenvalue weighted by atomic mass is 10.2. The third kappa shape index (κ3) is 3.69. The topological polar surface area (TPSA) is 71.7 Å². The highest BCUT2D eigenvalue weighted by molar-refractivity contribution is 6.28. The third-order valence-electron chi connectivity index (χ3n) is 3.22. The molecule has 0 aromatic heterocycles. The van der Waals surface area contributed by atoms with Gasteiger partial charge in [-0.15, -0.1) is 0 Å². The van der Waals surface area contributed by atoms with E-state index in [-0.39, 0.29) is 0 Å². The molecule has 0 amide bonds. The molecule has 6 nitrogen and oxygen atoms in total. The fourth-order valence-electron chi connectivity index (χ4n) is 2.20. The van der Waals surface area contributed by atoms with Crippen LogP contribution in [0.4, 0.5) is 0 Å². The number of amidine groups is 1. The van der Waals surface area contributed by atoms with Gasteiger partial charge in [-0.3, -0.25) is 4.90 Å². The maximum Gasteiger partial charge on any atom is 0.189 e. The summed E-state index contributed by atoms with van der Waals surface area (Å²) in [4.78, 5) is 4.23. The van der Waals surface area contributed by atoms with Gasteiger partial charge in [-0.1, -0.05) is 40.6 Å². The van der Waals surface area contributed by atoms with E-state index in [4.69, 9.17) is 10.4 Å². The average molecular weight is 262 g/mol. The number of piperazine rings is 1. The zero-order valence-electron chi connectivity index (χ0n) is 10.7. The van der Waals surface area contributed by atoms with Crippen LogP contribution in [0.1, 0.15) is 5.56 Å². The quantitative estimate of drug-likeness (QED) is 0.370. The van der Waals surface area contributed by atoms with Crippen LogP contribution in [-0.4, -0.2) is 58.4 Å². The van der Waals surface area contributed by atoms with Gasteiger partial charge >= 0.3 is 0 Å². The summed E-state index contributed by atoms with van der Waals surface area (Å²) >= 11 is 0. The number of rotatable bonds is 3. The van der Waals surface area contributed by atoms with E-state index in [0.29, 0.717) is 5.84 Å². The van der Waals surface area contributed by atoms with E-state index < -0.39 is 0 Å². The van der Waals surface area contributed by atoms with Gasteiger partial charge in [-0.2, -0.15) is 0 Å². The maximum absolute atomic E-state index is 8.84. The zero-order valence-corrected chi connectivity index (χ0v) is 10.7. The van der Waals surface area contributed by atoms with Crippen molar-refractivity contribution in [2.75, 3.05) is 26.2 Å². The molecule has 0 spiro atoms. The molecule has 1 fully saturated rings. The number of benzene rings is 1. The molecule has 0 radical (unpaired) electrons. The molecule has 102 valence electrons. The molecule has 6 heteroatoms. The van der Waals surface area contributed by atoms with Gasteiger partial charge in [0.05, 0.1) is 0 Å². The van der Waals surface area contributed by atoms with Gasteiger partial charge in [0.15, 0.2) is 5.84 Å². The first kappa shape index (κ1) is 13.4. The minimum Gasteiger partial charge on any atom is -0.411 e. The molecular weight excluding hydrogens is 244 g/mol. The molecule has 1 aromatic carbocycles. The Morgan fingerprint density at radius 3 is 2.37 bits per heavy atom. The summed E-state index contributed by atoms with van der Waals surface area (Å²) in [6.45, 7) is 4.19. The largest absolute Gasteiger partial charge is 0.411 e. The Bertz CT molecular complexity index is 439. The predicted molar refractivity (Wildman–Crippen MR) is 72.8 cm³/mol. The molecule has 0 unspecified atom stereocenters. The highest BCUT2D eigenvalue weighted by Crippen LogP contribution is 2.08. The number of hydrogen-bond acceptors (Lipinski definition) is 5. The second-order valence-corrected chi connectivity index (χ2v) is 4.45. The number of nitrogens with zero attached hydrogens (tertiary/aromatic N) is 4. The van der Waals surface area contributed by atoms with Crippen molar-refractivity contribution in [2.24, 2.45) is 10.3 Å². The number of oxime groups is 2. The highest BCUT2D eigenvalue weighted by Gasteiger charge is 2.19. The normalized spacial score (nSPS) is 18.1. The van der Waals surface area contributed by atoms with Crippen molar-refractivity contribution in [3.8, 4) is 0 Å². The van der Waals surface area contributed by atoms with Crippen molar-refractivity contribution >= 4 is 12.1 Å². The van der Waals surface area contributed by atoms with Crippen molar-refractivity contribution in [1.29, 1.82) is 0 Å². The summed E-state index contributed by atoms with van der Waals surface area (Å²) in [6, 6.07) is 10.3. The number of hydrogen-bond donors (Lipinski definition) is 2. The minimum absolute atomic E-state index is 0.293. The Morgan fingerprint density at radius 1 is 1.11 bits per heavy atom. The van der Waals surface area contributed by atoms with E-state index in [1.54, 1.807) is 0 Å². The molecule has 19 heavy (non-hydrogen) atoms. The monoisotopic (exact) mass is 262 g/mol. The standard InChI is InChI=1S/C13H18N4O2/c18-14-10-13(15-19)17-8-6-16(7-9-17)11-12-4-2-1-3-5-12/h1-5,10,18-19H,6-9,11H2/b14-10+,15-13-. The van der Waals surface area contributed by atoms with E-state index in [2.05, 4.69) is 27.3 Å². The van der Waals surface area contributed by atoms with Crippen LogP contribution in [0.5, 0.6) is 0 Å². The van der Waals surface area contributed by atoms with Gasteiger partial charge in [0.2, 0.25) is 0 Å². The molecule has 1 aromatic rings. The van der Waals surface area contributed by atoms with E-state index in [1.807, 2.05) is 23.1 Å². The van der Waals surface area contributed by atoms with Crippen molar-refractivity contribution < 1.29 is 10.4 Å². The van der Waals surface area contributed by atoms with Crippen LogP contribution in [0.2, 0.25) is 0 Å². The van der Waals surface area contributed by atoms with Crippen LogP contribution in [0.3, 0.4) is 0 Å². The molecule has 0 bridgehead atoms. The van der Waals surface area contributed by atoms with Crippen LogP contribution in [0, 0.1) is 0 Å². The lowest BCUT2D eigenvalue weighted by Crippen LogP contribution is -2.48. The molecule has 1 heterocycles. The summed E-state index contributed by atoms with van der Waals surface area (Å²) < 4.78 is 0. The van der Waals surface area contributed by atoms with E-state index in [1.165, 1.54) is 5.56 Å². The third-order valence-corrected chi connectivity index (χ3v) is 3.22. The fourth-order valence-corrected chi connectivity index (χ4v) is 2.20. The van der Waals surface area contributed by atoms with Crippen LogP contribution < -0.4 is 0 Å². The van der Waals surface area contributed by atoms with E-state index in [0.717, 1.165) is 38.9 Å². The second-order valence-electron chi connectivity index (χ2n) is 4.45. The molecule has 2 rings (SSSR count). The van der Waals surface area contributed by atoms with Crippen LogP contribution >= 0.6 is 0 Å². The van der Waals surface area contributed by atoms with Crippen LogP contribution in [0.15, 0.2) is 40.6 Å². The van der Waals surface area contributed by atoms with Crippen molar-refractivity contribution in [1.82, 2.24) is 9.80 Å². The van der Waals surface area contributed by atoms with Gasteiger partial charge < -0.3 is 15.3 Å². The first-order valence-electron chi connectivity index (χ1n) is 6.24. The van der Waals surface area contributed by atoms with Gasteiger partial charge in [0.25, 0.3) is 0 Å². The second kappa shape index (κ2) is 6.75. The van der Waals surface area contributed by atoms with Crippen LogP contribution in [-0.2, 0) is 6.54 Å². The summed E-state index contributed by atoms with van der Waals surface area (Å²) in [6.07, 6.45) is 1.15. The van der Waals surface area contributed by atoms with Gasteiger partial charge in [-0.05, 0) is 5.56 Å². The Morgan fingerprint density at radius 2 is 1.79 bits per heavy atom. The van der Waals surface area contributed by atoms with Gasteiger partial charge in [-0.25, -0.2) is 0 Å². The molecule has 2 N–H and O–H groups in total. The Hall–Kier alpha value is -2.08. The fraction of sp³-hybridized carbons (Fsp3) is 0.385.